The van der Waals surface area contributed by atoms with Crippen molar-refractivity contribution in [2.45, 2.75) is 67.2 Å². The quantitative estimate of drug-likeness (QED) is 0.352. The van der Waals surface area contributed by atoms with Crippen molar-refractivity contribution in [3.63, 3.8) is 0 Å². The van der Waals surface area contributed by atoms with Gasteiger partial charge in [-0.05, 0) is 51.4 Å². The van der Waals surface area contributed by atoms with Gasteiger partial charge in [-0.15, -0.1) is 0 Å². The van der Waals surface area contributed by atoms with Gasteiger partial charge in [-0.3, -0.25) is 0 Å². The van der Waals surface area contributed by atoms with E-state index in [1.165, 1.54) is 45.3 Å². The van der Waals surface area contributed by atoms with E-state index in [9.17, 15) is 0 Å². The van der Waals surface area contributed by atoms with Gasteiger partial charge in [-0.1, -0.05) is 66.0 Å². The summed E-state index contributed by atoms with van der Waals surface area (Å²) in [4.78, 5) is 4.81. The van der Waals surface area contributed by atoms with Crippen LogP contribution < -0.4 is 4.90 Å². The van der Waals surface area contributed by atoms with Crippen LogP contribution in [0, 0.1) is 9.02 Å². The van der Waals surface area contributed by atoms with Gasteiger partial charge in [0.05, 0.1) is 14.7 Å². The Morgan fingerprint density at radius 2 is 1.30 bits per heavy atom. The maximum Gasteiger partial charge on any atom is 0.0792 e. The molecule has 0 saturated carbocycles. The predicted molar refractivity (Wildman–Crippen MR) is 113 cm³/mol. The smallest absolute Gasteiger partial charge is 0.0792 e. The molecule has 0 spiro atoms. The van der Waals surface area contributed by atoms with Gasteiger partial charge in [-0.2, -0.15) is 0 Å². The summed E-state index contributed by atoms with van der Waals surface area (Å²) in [7, 11) is 2.11. The Morgan fingerprint density at radius 1 is 0.826 bits per heavy atom. The van der Waals surface area contributed by atoms with Crippen molar-refractivity contribution < 1.29 is 0 Å². The summed E-state index contributed by atoms with van der Waals surface area (Å²) in [5, 5.41) is 0. The lowest BCUT2D eigenvalue weighted by Gasteiger charge is -2.23. The molecule has 0 radical (unpaired) electrons. The molecule has 0 saturated heterocycles. The second kappa shape index (κ2) is 16.5. The SMILES string of the molecule is CC.CC.CCCN(CCC)CCCCN(C)c1cc(=S)c1=S. The van der Waals surface area contributed by atoms with Crippen LogP contribution in [0.5, 0.6) is 0 Å². The molecule has 136 valence electrons. The van der Waals surface area contributed by atoms with Crippen molar-refractivity contribution in [1.29, 1.82) is 0 Å². The molecule has 0 amide bonds. The van der Waals surface area contributed by atoms with Crippen LogP contribution in [0.25, 0.3) is 0 Å². The molecule has 0 aliphatic heterocycles. The van der Waals surface area contributed by atoms with Gasteiger partial charge in [0.2, 0.25) is 0 Å². The first-order chi connectivity index (χ1) is 11.1. The number of anilines is 1. The Hall–Kier alpha value is -0.320. The third kappa shape index (κ3) is 10.2. The molecule has 0 aliphatic rings. The van der Waals surface area contributed by atoms with E-state index in [-0.39, 0.29) is 0 Å². The molecule has 0 atom stereocenters. The lowest BCUT2D eigenvalue weighted by molar-refractivity contribution is 0.269. The van der Waals surface area contributed by atoms with Crippen LogP contribution in [0.3, 0.4) is 0 Å². The summed E-state index contributed by atoms with van der Waals surface area (Å²) in [5.41, 5.74) is 1.15. The molecule has 0 bridgehead atoms. The highest BCUT2D eigenvalue weighted by Crippen LogP contribution is 2.21. The molecular weight excluding hydrogens is 320 g/mol. The summed E-state index contributed by atoms with van der Waals surface area (Å²) in [6, 6.07) is 2.01. The molecule has 0 N–H and O–H groups in total. The molecule has 0 heterocycles. The molecular formula is C19H38N2S2. The Kier molecular flexibility index (Phi) is 17.9. The Bertz CT molecular complexity index is 430. The minimum atomic E-state index is 0.842. The maximum atomic E-state index is 5.23. The second-order valence-corrected chi connectivity index (χ2v) is 6.04. The second-order valence-electron chi connectivity index (χ2n) is 5.19. The number of hydrogen-bond acceptors (Lipinski definition) is 4. The average molecular weight is 359 g/mol. The van der Waals surface area contributed by atoms with Gasteiger partial charge in [0.15, 0.2) is 0 Å². The molecule has 0 unspecified atom stereocenters. The highest BCUT2D eigenvalue weighted by atomic mass is 32.1. The van der Waals surface area contributed by atoms with E-state index in [1.54, 1.807) is 0 Å². The topological polar surface area (TPSA) is 6.48 Å². The lowest BCUT2D eigenvalue weighted by atomic mass is 10.2. The van der Waals surface area contributed by atoms with Crippen molar-refractivity contribution in [2.24, 2.45) is 0 Å². The van der Waals surface area contributed by atoms with E-state index in [4.69, 9.17) is 24.4 Å². The van der Waals surface area contributed by atoms with E-state index in [0.29, 0.717) is 0 Å². The first kappa shape index (κ1) is 24.9. The number of nitrogens with zero attached hydrogens (tertiary/aromatic N) is 2. The molecule has 1 rings (SSSR count). The van der Waals surface area contributed by atoms with Crippen LogP contribution in [0.2, 0.25) is 0 Å². The molecule has 0 aromatic heterocycles. The van der Waals surface area contributed by atoms with Crippen LogP contribution in [0.4, 0.5) is 5.69 Å². The Morgan fingerprint density at radius 3 is 1.70 bits per heavy atom. The summed E-state index contributed by atoms with van der Waals surface area (Å²) in [6.45, 7) is 17.3. The van der Waals surface area contributed by atoms with Crippen molar-refractivity contribution in [3.8, 4) is 0 Å². The van der Waals surface area contributed by atoms with Crippen LogP contribution >= 0.6 is 24.4 Å². The predicted octanol–water partition coefficient (Wildman–Crippen LogP) is 6.41. The van der Waals surface area contributed by atoms with E-state index < -0.39 is 0 Å². The summed E-state index contributed by atoms with van der Waals surface area (Å²) < 4.78 is 1.71. The van der Waals surface area contributed by atoms with Crippen molar-refractivity contribution in [2.75, 3.05) is 38.1 Å². The molecule has 4 heteroatoms. The average Bonchev–Trinajstić information content (AvgIpc) is 2.59. The summed E-state index contributed by atoms with van der Waals surface area (Å²) >= 11 is 10.3. The zero-order valence-electron chi connectivity index (χ0n) is 16.4. The Labute approximate surface area is 155 Å². The third-order valence-corrected chi connectivity index (χ3v) is 4.31. The van der Waals surface area contributed by atoms with Crippen molar-refractivity contribution in [3.05, 3.63) is 15.1 Å². The van der Waals surface area contributed by atoms with E-state index in [1.807, 2.05) is 33.8 Å². The van der Waals surface area contributed by atoms with Gasteiger partial charge in [0, 0.05) is 13.6 Å². The van der Waals surface area contributed by atoms with E-state index in [0.717, 1.165) is 21.3 Å². The minimum Gasteiger partial charge on any atom is -0.373 e. The largest absolute Gasteiger partial charge is 0.373 e. The minimum absolute atomic E-state index is 0.842. The van der Waals surface area contributed by atoms with Crippen molar-refractivity contribution in [1.82, 2.24) is 4.90 Å². The third-order valence-electron chi connectivity index (χ3n) is 3.43. The maximum absolute atomic E-state index is 5.23. The van der Waals surface area contributed by atoms with Crippen LogP contribution in [-0.4, -0.2) is 38.1 Å². The number of unbranched alkanes of at least 4 members (excludes halogenated alkanes) is 1. The zero-order chi connectivity index (χ0) is 18.3. The van der Waals surface area contributed by atoms with E-state index >= 15 is 0 Å². The monoisotopic (exact) mass is 358 g/mol. The van der Waals surface area contributed by atoms with Crippen LogP contribution in [-0.2, 0) is 0 Å². The lowest BCUT2D eigenvalue weighted by Crippen LogP contribution is -2.27. The van der Waals surface area contributed by atoms with Crippen molar-refractivity contribution >= 4 is 30.1 Å². The van der Waals surface area contributed by atoms with Gasteiger partial charge < -0.3 is 9.80 Å². The molecule has 23 heavy (non-hydrogen) atoms. The van der Waals surface area contributed by atoms with Gasteiger partial charge in [-0.25, -0.2) is 0 Å². The van der Waals surface area contributed by atoms with Gasteiger partial charge in [0.1, 0.15) is 0 Å². The fraction of sp³-hybridized carbons (Fsp3) is 0.789. The number of hydrogen-bond donors (Lipinski definition) is 0. The van der Waals surface area contributed by atoms with Crippen LogP contribution in [0.15, 0.2) is 6.07 Å². The molecule has 2 nitrogen and oxygen atoms in total. The molecule has 0 fully saturated rings. The summed E-state index contributed by atoms with van der Waals surface area (Å²) in [5.74, 6) is 0. The van der Waals surface area contributed by atoms with Gasteiger partial charge >= 0.3 is 0 Å². The van der Waals surface area contributed by atoms with Crippen LogP contribution in [0.1, 0.15) is 67.2 Å². The van der Waals surface area contributed by atoms with E-state index in [2.05, 4.69) is 30.7 Å². The van der Waals surface area contributed by atoms with Gasteiger partial charge in [0.25, 0.3) is 0 Å². The zero-order valence-corrected chi connectivity index (χ0v) is 18.1. The fourth-order valence-electron chi connectivity index (χ4n) is 2.36. The number of rotatable bonds is 10. The first-order valence-corrected chi connectivity index (χ1v) is 10.2. The standard InChI is InChI=1S/C15H26N2S2.2C2H6/c1-4-8-17(9-5-2)11-7-6-10-16(3)13-12-14(18)15(13)19;2*1-2/h12H,4-11H2,1-3H3;2*1-2H3. The summed E-state index contributed by atoms with van der Waals surface area (Å²) in [6.07, 6.45) is 4.97. The Balaban J connectivity index is 0. The normalized spacial score (nSPS) is 9.91. The molecule has 0 aliphatic carbocycles. The molecule has 1 aromatic rings. The fourth-order valence-corrected chi connectivity index (χ4v) is 2.85. The highest BCUT2D eigenvalue weighted by molar-refractivity contribution is 7.74. The molecule has 1 aromatic carbocycles. The highest BCUT2D eigenvalue weighted by Gasteiger charge is 2.08. The first-order valence-electron chi connectivity index (χ1n) is 9.34.